The Hall–Kier alpha value is -1.73. The zero-order valence-corrected chi connectivity index (χ0v) is 15.2. The van der Waals surface area contributed by atoms with E-state index in [-0.39, 0.29) is 17.4 Å². The first-order valence-corrected chi connectivity index (χ1v) is 10.6. The molecule has 4 nitrogen and oxygen atoms in total. The lowest BCUT2D eigenvalue weighted by Gasteiger charge is -2.27. The molecule has 0 bridgehead atoms. The maximum Gasteiger partial charge on any atom is 0.241 e. The molecule has 2 N–H and O–H groups in total. The number of aliphatic hydroxyl groups is 1. The first kappa shape index (κ1) is 16.7. The van der Waals surface area contributed by atoms with E-state index < -0.39 is 15.6 Å². The summed E-state index contributed by atoms with van der Waals surface area (Å²) in [6.45, 7) is -0.0102. The molecule has 6 heteroatoms. The van der Waals surface area contributed by atoms with Crippen LogP contribution in [0.2, 0.25) is 0 Å². The Morgan fingerprint density at radius 1 is 1.08 bits per heavy atom. The van der Waals surface area contributed by atoms with Gasteiger partial charge in [0.15, 0.2) is 0 Å². The summed E-state index contributed by atoms with van der Waals surface area (Å²) < 4.78 is 28.4. The lowest BCUT2D eigenvalue weighted by molar-refractivity contribution is 0.0222. The van der Waals surface area contributed by atoms with E-state index in [1.54, 1.807) is 18.2 Å². The van der Waals surface area contributed by atoms with Crippen LogP contribution in [0.25, 0.3) is 10.8 Å². The second kappa shape index (κ2) is 6.21. The number of benzene rings is 2. The Balaban J connectivity index is 1.65. The number of nitrogens with one attached hydrogen (secondary N) is 1. The second-order valence-electron chi connectivity index (χ2n) is 6.48. The minimum atomic E-state index is -3.72. The van der Waals surface area contributed by atoms with E-state index in [0.717, 1.165) is 23.1 Å². The summed E-state index contributed by atoms with van der Waals surface area (Å²) in [6, 6.07) is 16.4. The van der Waals surface area contributed by atoms with Gasteiger partial charge in [-0.25, -0.2) is 13.1 Å². The third-order valence-electron chi connectivity index (χ3n) is 4.77. The van der Waals surface area contributed by atoms with Crippen molar-refractivity contribution in [1.29, 1.82) is 0 Å². The van der Waals surface area contributed by atoms with Gasteiger partial charge in [-0.3, -0.25) is 0 Å². The van der Waals surface area contributed by atoms with Crippen molar-refractivity contribution in [2.45, 2.75) is 23.3 Å². The van der Waals surface area contributed by atoms with Crippen LogP contribution >= 0.6 is 11.3 Å². The summed E-state index contributed by atoms with van der Waals surface area (Å²) in [5, 5.41) is 14.6. The van der Waals surface area contributed by atoms with Crippen LogP contribution in [0.5, 0.6) is 0 Å². The first-order valence-electron chi connectivity index (χ1n) is 8.24. The number of hydrogen-bond acceptors (Lipinski definition) is 4. The molecule has 130 valence electrons. The van der Waals surface area contributed by atoms with Gasteiger partial charge in [-0.05, 0) is 41.7 Å². The maximum atomic E-state index is 12.9. The van der Waals surface area contributed by atoms with Crippen LogP contribution < -0.4 is 4.72 Å². The Kier molecular flexibility index (Phi) is 4.16. The van der Waals surface area contributed by atoms with Gasteiger partial charge in [0.2, 0.25) is 10.0 Å². The lowest BCUT2D eigenvalue weighted by Crippen LogP contribution is -2.42. The molecule has 4 rings (SSSR count). The smallest absolute Gasteiger partial charge is 0.241 e. The average molecular weight is 373 g/mol. The molecule has 0 saturated heterocycles. The average Bonchev–Trinajstić information content (AvgIpc) is 3.34. The highest BCUT2D eigenvalue weighted by molar-refractivity contribution is 7.89. The molecule has 0 aliphatic heterocycles. The van der Waals surface area contributed by atoms with Crippen LogP contribution in [0, 0.1) is 5.92 Å². The maximum absolute atomic E-state index is 12.9. The van der Waals surface area contributed by atoms with E-state index in [2.05, 4.69) is 4.72 Å². The molecule has 0 radical (unpaired) electrons. The Morgan fingerprint density at radius 2 is 1.84 bits per heavy atom. The molecule has 2 aromatic carbocycles. The quantitative estimate of drug-likeness (QED) is 0.695. The predicted octanol–water partition coefficient (Wildman–Crippen LogP) is 3.48. The fraction of sp³-hybridized carbons (Fsp3) is 0.263. The summed E-state index contributed by atoms with van der Waals surface area (Å²) >= 11 is 1.46. The molecule has 1 aliphatic rings. The summed E-state index contributed by atoms with van der Waals surface area (Å²) in [4.78, 5) is 1.06. The van der Waals surface area contributed by atoms with Crippen molar-refractivity contribution in [3.63, 3.8) is 0 Å². The topological polar surface area (TPSA) is 66.4 Å². The Morgan fingerprint density at radius 3 is 2.56 bits per heavy atom. The number of fused-ring (bicyclic) bond motifs is 1. The van der Waals surface area contributed by atoms with Crippen molar-refractivity contribution < 1.29 is 13.5 Å². The normalized spacial score (nSPS) is 17.5. The Bertz CT molecular complexity index is 989. The highest BCUT2D eigenvalue weighted by Crippen LogP contribution is 2.46. The monoisotopic (exact) mass is 373 g/mol. The highest BCUT2D eigenvalue weighted by atomic mass is 32.2. The van der Waals surface area contributed by atoms with Crippen molar-refractivity contribution in [1.82, 2.24) is 4.72 Å². The van der Waals surface area contributed by atoms with Crippen molar-refractivity contribution in [2.75, 3.05) is 6.54 Å². The second-order valence-corrected chi connectivity index (χ2v) is 9.16. The van der Waals surface area contributed by atoms with Crippen LogP contribution in [0.1, 0.15) is 17.7 Å². The van der Waals surface area contributed by atoms with Gasteiger partial charge in [-0.15, -0.1) is 11.3 Å². The van der Waals surface area contributed by atoms with Gasteiger partial charge in [0.25, 0.3) is 0 Å². The minimum absolute atomic E-state index is 0.0102. The minimum Gasteiger partial charge on any atom is -0.383 e. The van der Waals surface area contributed by atoms with Gasteiger partial charge < -0.3 is 5.11 Å². The standard InChI is InChI=1S/C19H19NO3S2/c21-19(15-10-11-15,18-9-4-12-24-18)13-20-25(22,23)17-8-3-6-14-5-1-2-7-16(14)17/h1-9,12,15,20-21H,10-11,13H2. The molecular formula is C19H19NO3S2. The van der Waals surface area contributed by atoms with Crippen molar-refractivity contribution in [3.8, 4) is 0 Å². The predicted molar refractivity (Wildman–Crippen MR) is 100 cm³/mol. The molecule has 1 aliphatic carbocycles. The van der Waals surface area contributed by atoms with Crippen molar-refractivity contribution in [2.24, 2.45) is 5.92 Å². The zero-order valence-electron chi connectivity index (χ0n) is 13.6. The van der Waals surface area contributed by atoms with E-state index in [0.29, 0.717) is 5.39 Å². The zero-order chi connectivity index (χ0) is 17.5. The van der Waals surface area contributed by atoms with E-state index in [9.17, 15) is 13.5 Å². The van der Waals surface area contributed by atoms with Crippen LogP contribution in [0.3, 0.4) is 0 Å². The molecular weight excluding hydrogens is 354 g/mol. The highest BCUT2D eigenvalue weighted by Gasteiger charge is 2.46. The fourth-order valence-corrected chi connectivity index (χ4v) is 5.43. The van der Waals surface area contributed by atoms with Gasteiger partial charge in [-0.1, -0.05) is 42.5 Å². The fourth-order valence-electron chi connectivity index (χ4n) is 3.23. The van der Waals surface area contributed by atoms with E-state index in [1.165, 1.54) is 11.3 Å². The Labute approximate surface area is 151 Å². The third-order valence-corrected chi connectivity index (χ3v) is 7.27. The molecule has 1 heterocycles. The van der Waals surface area contributed by atoms with Crippen LogP contribution in [0.15, 0.2) is 64.9 Å². The van der Waals surface area contributed by atoms with Gasteiger partial charge in [0.1, 0.15) is 5.60 Å². The van der Waals surface area contributed by atoms with Crippen molar-refractivity contribution in [3.05, 3.63) is 64.9 Å². The number of sulfonamides is 1. The molecule has 1 aromatic heterocycles. The van der Waals surface area contributed by atoms with Gasteiger partial charge >= 0.3 is 0 Å². The van der Waals surface area contributed by atoms with Gasteiger partial charge in [-0.2, -0.15) is 0 Å². The van der Waals surface area contributed by atoms with E-state index >= 15 is 0 Å². The van der Waals surface area contributed by atoms with Gasteiger partial charge in [0.05, 0.1) is 4.90 Å². The summed E-state index contributed by atoms with van der Waals surface area (Å²) in [5.41, 5.74) is -1.13. The third kappa shape index (κ3) is 3.11. The molecule has 1 atom stereocenters. The number of rotatable bonds is 6. The molecule has 1 saturated carbocycles. The first-order chi connectivity index (χ1) is 12.0. The molecule has 0 spiro atoms. The molecule has 1 fully saturated rings. The number of hydrogen-bond donors (Lipinski definition) is 2. The largest absolute Gasteiger partial charge is 0.383 e. The van der Waals surface area contributed by atoms with Gasteiger partial charge in [0, 0.05) is 16.8 Å². The van der Waals surface area contributed by atoms with E-state index in [4.69, 9.17) is 0 Å². The SMILES string of the molecule is O=S(=O)(NCC(O)(c1cccs1)C1CC1)c1cccc2ccccc12. The molecule has 0 amide bonds. The number of thiophene rings is 1. The molecule has 3 aromatic rings. The molecule has 25 heavy (non-hydrogen) atoms. The van der Waals surface area contributed by atoms with E-state index in [1.807, 2.05) is 41.8 Å². The van der Waals surface area contributed by atoms with Crippen LogP contribution in [-0.2, 0) is 15.6 Å². The van der Waals surface area contributed by atoms with Crippen LogP contribution in [-0.4, -0.2) is 20.1 Å². The van der Waals surface area contributed by atoms with Crippen molar-refractivity contribution >= 4 is 32.1 Å². The van der Waals surface area contributed by atoms with Crippen LogP contribution in [0.4, 0.5) is 0 Å². The summed E-state index contributed by atoms with van der Waals surface area (Å²) in [7, 11) is -3.72. The summed E-state index contributed by atoms with van der Waals surface area (Å²) in [6.07, 6.45) is 1.84. The molecule has 1 unspecified atom stereocenters. The lowest BCUT2D eigenvalue weighted by atomic mass is 9.96. The summed E-state index contributed by atoms with van der Waals surface area (Å²) in [5.74, 6) is 0.112.